The zero-order chi connectivity index (χ0) is 32.2. The number of hydrogen-bond acceptors (Lipinski definition) is 7. The summed E-state index contributed by atoms with van der Waals surface area (Å²) < 4.78 is 34.1. The van der Waals surface area contributed by atoms with E-state index >= 15 is 0 Å². The average molecular weight is 632 g/mol. The molecule has 0 saturated carbocycles. The Morgan fingerprint density at radius 1 is 0.844 bits per heavy atom. The molecule has 45 heavy (non-hydrogen) atoms. The molecule has 0 fully saturated rings. The number of hydrogen-bond donors (Lipinski definition) is 3. The molecule has 11 nitrogen and oxygen atoms in total. The Bertz CT molecular complexity index is 1710. The van der Waals surface area contributed by atoms with Crippen LogP contribution in [0.4, 0.5) is 10.5 Å². The molecule has 0 unspecified atom stereocenters. The van der Waals surface area contributed by atoms with E-state index in [0.29, 0.717) is 6.42 Å². The quantitative estimate of drug-likeness (QED) is 0.0881. The molecule has 3 N–H and O–H groups in total. The normalized spacial score (nSPS) is 11.8. The van der Waals surface area contributed by atoms with Crippen molar-refractivity contribution < 1.29 is 32.8 Å². The number of carbonyl (C=O) groups is 2. The van der Waals surface area contributed by atoms with Crippen LogP contribution in [-0.4, -0.2) is 43.1 Å². The summed E-state index contributed by atoms with van der Waals surface area (Å²) in [5.41, 5.74) is 3.68. The number of rotatable bonds is 15. The third kappa shape index (κ3) is 9.71. The molecule has 0 radical (unpaired) electrons. The second kappa shape index (κ2) is 15.6. The van der Waals surface area contributed by atoms with Gasteiger partial charge < -0.3 is 15.2 Å². The predicted molar refractivity (Wildman–Crippen MR) is 168 cm³/mol. The van der Waals surface area contributed by atoms with Gasteiger partial charge in [0, 0.05) is 18.7 Å². The maximum atomic E-state index is 13.4. The standard InChI is InChI=1S/C33H33N3O8S/c37-32(38)30(12-7-21-34-33(39)44-23-25-8-3-1-4-9-25)35-45(42,43)31-20-19-29(36(40)41)22-28(31)18-15-24-13-16-27(17-14-24)26-10-5-2-6-11-26/h1-6,8-11,13-14,16-17,19-20,22,30,35H,7,12,15,18,21,23H2,(H,34,39)(H,37,38)/t30-/m0/s1. The zero-order valence-electron chi connectivity index (χ0n) is 24.3. The number of carboxylic acid groups (broad SMARTS) is 1. The number of carboxylic acids is 1. The molecule has 4 aromatic carbocycles. The van der Waals surface area contributed by atoms with Crippen molar-refractivity contribution in [2.24, 2.45) is 0 Å². The summed E-state index contributed by atoms with van der Waals surface area (Å²) in [7, 11) is -4.38. The highest BCUT2D eigenvalue weighted by molar-refractivity contribution is 7.89. The van der Waals surface area contributed by atoms with Crippen LogP contribution in [-0.2, 0) is 39.0 Å². The number of alkyl carbamates (subject to hydrolysis) is 1. The minimum absolute atomic E-state index is 0.0605. The number of aryl methyl sites for hydroxylation is 2. The van der Waals surface area contributed by atoms with Crippen molar-refractivity contribution in [1.82, 2.24) is 10.0 Å². The van der Waals surface area contributed by atoms with E-state index in [-0.39, 0.29) is 48.6 Å². The third-order valence-corrected chi connectivity index (χ3v) is 8.61. The molecule has 0 saturated heterocycles. The molecule has 0 aliphatic carbocycles. The first-order valence-electron chi connectivity index (χ1n) is 14.2. The SMILES string of the molecule is O=C(NCCC[C@H](NS(=O)(=O)c1ccc([N+](=O)[O-])cc1CCc1ccc(-c2ccccc2)cc1)C(=O)O)OCc1ccccc1. The zero-order valence-corrected chi connectivity index (χ0v) is 25.1. The first-order valence-corrected chi connectivity index (χ1v) is 15.7. The lowest BCUT2D eigenvalue weighted by atomic mass is 10.00. The maximum Gasteiger partial charge on any atom is 0.407 e. The molecule has 4 rings (SSSR count). The molecule has 0 aliphatic rings. The Morgan fingerprint density at radius 2 is 1.49 bits per heavy atom. The number of non-ortho nitro benzene ring substituents is 1. The summed E-state index contributed by atoms with van der Waals surface area (Å²) in [5.74, 6) is -1.40. The van der Waals surface area contributed by atoms with Crippen LogP contribution in [0.1, 0.15) is 29.5 Å². The second-order valence-electron chi connectivity index (χ2n) is 10.3. The molecule has 0 spiro atoms. The Balaban J connectivity index is 1.38. The van der Waals surface area contributed by atoms with Gasteiger partial charge in [-0.25, -0.2) is 13.2 Å². The number of nitro benzene ring substituents is 1. The molecular formula is C33H33N3O8S. The van der Waals surface area contributed by atoms with Gasteiger partial charge in [-0.2, -0.15) is 4.72 Å². The maximum absolute atomic E-state index is 13.4. The van der Waals surface area contributed by atoms with Gasteiger partial charge in [0.15, 0.2) is 0 Å². The molecule has 234 valence electrons. The van der Waals surface area contributed by atoms with Gasteiger partial charge in [0.05, 0.1) is 9.82 Å². The van der Waals surface area contributed by atoms with Gasteiger partial charge in [-0.1, -0.05) is 84.9 Å². The number of nitro groups is 1. The van der Waals surface area contributed by atoms with E-state index in [1.165, 1.54) is 6.07 Å². The monoisotopic (exact) mass is 631 g/mol. The number of carbonyl (C=O) groups excluding carboxylic acids is 1. The largest absolute Gasteiger partial charge is 0.480 e. The lowest BCUT2D eigenvalue weighted by molar-refractivity contribution is -0.385. The number of benzene rings is 4. The van der Waals surface area contributed by atoms with Crippen LogP contribution in [0.25, 0.3) is 11.1 Å². The van der Waals surface area contributed by atoms with Crippen molar-refractivity contribution >= 4 is 27.8 Å². The Labute approximate surface area is 261 Å². The van der Waals surface area contributed by atoms with E-state index in [1.54, 1.807) is 12.1 Å². The molecule has 1 atom stereocenters. The fourth-order valence-corrected chi connectivity index (χ4v) is 6.14. The van der Waals surface area contributed by atoms with Gasteiger partial charge in [-0.3, -0.25) is 14.9 Å². The van der Waals surface area contributed by atoms with E-state index < -0.39 is 33.1 Å². The molecule has 4 aromatic rings. The summed E-state index contributed by atoms with van der Waals surface area (Å²) in [4.78, 5) is 34.5. The lowest BCUT2D eigenvalue weighted by Gasteiger charge is -2.17. The van der Waals surface area contributed by atoms with Crippen molar-refractivity contribution in [3.63, 3.8) is 0 Å². The van der Waals surface area contributed by atoms with Crippen molar-refractivity contribution in [3.8, 4) is 11.1 Å². The number of amides is 1. The summed E-state index contributed by atoms with van der Waals surface area (Å²) >= 11 is 0. The smallest absolute Gasteiger partial charge is 0.407 e. The molecule has 12 heteroatoms. The number of nitrogens with zero attached hydrogens (tertiary/aromatic N) is 1. The van der Waals surface area contributed by atoms with Gasteiger partial charge in [0.1, 0.15) is 12.6 Å². The van der Waals surface area contributed by atoms with Gasteiger partial charge in [0.25, 0.3) is 5.69 Å². The van der Waals surface area contributed by atoms with Crippen LogP contribution in [0, 0.1) is 10.1 Å². The molecule has 0 aromatic heterocycles. The van der Waals surface area contributed by atoms with Crippen LogP contribution in [0.5, 0.6) is 0 Å². The summed E-state index contributed by atoms with van der Waals surface area (Å²) in [5, 5.41) is 23.7. The number of sulfonamides is 1. The Hall–Kier alpha value is -5.07. The van der Waals surface area contributed by atoms with Crippen LogP contribution in [0.2, 0.25) is 0 Å². The first-order chi connectivity index (χ1) is 21.6. The van der Waals surface area contributed by atoms with E-state index in [4.69, 9.17) is 4.74 Å². The molecule has 1 amide bonds. The van der Waals surface area contributed by atoms with E-state index in [2.05, 4.69) is 10.0 Å². The minimum atomic E-state index is -4.38. The molecule has 0 bridgehead atoms. The van der Waals surface area contributed by atoms with Crippen LogP contribution in [0.15, 0.2) is 108 Å². The molecule has 0 heterocycles. The highest BCUT2D eigenvalue weighted by Gasteiger charge is 2.28. The summed E-state index contributed by atoms with van der Waals surface area (Å²) in [6, 6.07) is 28.5. The van der Waals surface area contributed by atoms with Crippen molar-refractivity contribution in [2.75, 3.05) is 6.54 Å². The summed E-state index contributed by atoms with van der Waals surface area (Å²) in [6.45, 7) is 0.131. The van der Waals surface area contributed by atoms with Crippen LogP contribution in [0.3, 0.4) is 0 Å². The van der Waals surface area contributed by atoms with Gasteiger partial charge in [-0.05, 0) is 59.6 Å². The Kier molecular flexibility index (Phi) is 11.4. The van der Waals surface area contributed by atoms with E-state index in [9.17, 15) is 33.2 Å². The highest BCUT2D eigenvalue weighted by atomic mass is 32.2. The van der Waals surface area contributed by atoms with E-state index in [0.717, 1.165) is 34.4 Å². The number of aliphatic carboxylic acids is 1. The minimum Gasteiger partial charge on any atom is -0.480 e. The second-order valence-corrected chi connectivity index (χ2v) is 11.9. The lowest BCUT2D eigenvalue weighted by Crippen LogP contribution is -2.41. The number of nitrogens with one attached hydrogen (secondary N) is 2. The molecular weight excluding hydrogens is 598 g/mol. The average Bonchev–Trinajstić information content (AvgIpc) is 3.05. The third-order valence-electron chi connectivity index (χ3n) is 7.04. The van der Waals surface area contributed by atoms with Gasteiger partial charge in [-0.15, -0.1) is 0 Å². The van der Waals surface area contributed by atoms with Crippen molar-refractivity contribution in [3.05, 3.63) is 130 Å². The van der Waals surface area contributed by atoms with Crippen LogP contribution >= 0.6 is 0 Å². The first kappa shape index (κ1) is 32.8. The highest BCUT2D eigenvalue weighted by Crippen LogP contribution is 2.25. The topological polar surface area (TPSA) is 165 Å². The van der Waals surface area contributed by atoms with Crippen molar-refractivity contribution in [1.29, 1.82) is 0 Å². The van der Waals surface area contributed by atoms with Gasteiger partial charge >= 0.3 is 12.1 Å². The van der Waals surface area contributed by atoms with Crippen molar-refractivity contribution in [2.45, 2.75) is 43.2 Å². The number of ether oxygens (including phenoxy) is 1. The fraction of sp³-hybridized carbons (Fsp3) is 0.212. The van der Waals surface area contributed by atoms with Gasteiger partial charge in [0.2, 0.25) is 10.0 Å². The Morgan fingerprint density at radius 3 is 2.13 bits per heavy atom. The summed E-state index contributed by atoms with van der Waals surface area (Å²) in [6.07, 6.45) is -0.102. The fourth-order valence-electron chi connectivity index (χ4n) is 4.66. The predicted octanol–water partition coefficient (Wildman–Crippen LogP) is 5.49. The molecule has 0 aliphatic heterocycles. The van der Waals surface area contributed by atoms with E-state index in [1.807, 2.05) is 72.8 Å². The van der Waals surface area contributed by atoms with Crippen LogP contribution < -0.4 is 10.0 Å².